The molecule has 1 aromatic heterocycles. The largest absolute Gasteiger partial charge is 0.386 e. The van der Waals surface area contributed by atoms with Crippen LogP contribution in [0.15, 0.2) is 24.5 Å². The van der Waals surface area contributed by atoms with Gasteiger partial charge in [-0.15, -0.1) is 0 Å². The first-order valence-corrected chi connectivity index (χ1v) is 7.17. The van der Waals surface area contributed by atoms with Crippen molar-refractivity contribution in [1.29, 1.82) is 0 Å². The van der Waals surface area contributed by atoms with Gasteiger partial charge in [0, 0.05) is 31.3 Å². The fourth-order valence-corrected chi connectivity index (χ4v) is 2.15. The van der Waals surface area contributed by atoms with Crippen molar-refractivity contribution in [2.75, 3.05) is 0 Å². The molecule has 0 aliphatic rings. The van der Waals surface area contributed by atoms with E-state index in [4.69, 9.17) is 5.73 Å². The number of hydrogen-bond donors (Lipinski definition) is 3. The van der Waals surface area contributed by atoms with E-state index in [9.17, 15) is 23.5 Å². The van der Waals surface area contributed by atoms with Crippen LogP contribution in [0.2, 0.25) is 0 Å². The number of nitrogens with two attached hydrogens (primary N) is 1. The van der Waals surface area contributed by atoms with Gasteiger partial charge in [0.15, 0.2) is 0 Å². The van der Waals surface area contributed by atoms with E-state index in [1.807, 2.05) is 0 Å². The summed E-state index contributed by atoms with van der Waals surface area (Å²) in [5.74, 6) is -8.00. The molecule has 0 aliphatic heterocycles. The topological polar surface area (TPSA) is 105 Å². The summed E-state index contributed by atoms with van der Waals surface area (Å²) in [4.78, 5) is 26.5. The van der Waals surface area contributed by atoms with Crippen molar-refractivity contribution in [1.82, 2.24) is 10.3 Å². The van der Waals surface area contributed by atoms with Crippen LogP contribution in [0.1, 0.15) is 25.8 Å². The molecule has 128 valence electrons. The molecule has 0 saturated carbocycles. The van der Waals surface area contributed by atoms with Crippen molar-refractivity contribution in [2.45, 2.75) is 38.8 Å². The Balaban J connectivity index is 2.77. The average Bonchev–Trinajstić information content (AvgIpc) is 2.50. The standard InChI is InChI=1S/C15H21F2N3O3/c1-9(2)11(7-12(18)21)13(22)15(16,17)14(23)20-8-10-3-5-19-6-4-10/h3-6,9,11,13,22H,7-8H2,1-2H3,(H2,18,21)(H,20,23). The van der Waals surface area contributed by atoms with E-state index in [0.717, 1.165) is 0 Å². The number of aliphatic hydroxyl groups excluding tert-OH is 1. The maximum absolute atomic E-state index is 14.1. The van der Waals surface area contributed by atoms with Crippen molar-refractivity contribution in [3.8, 4) is 0 Å². The van der Waals surface area contributed by atoms with Gasteiger partial charge in [-0.25, -0.2) is 0 Å². The lowest BCUT2D eigenvalue weighted by Gasteiger charge is -2.30. The van der Waals surface area contributed by atoms with Gasteiger partial charge in [0.1, 0.15) is 6.10 Å². The molecule has 2 atom stereocenters. The number of hydrogen-bond acceptors (Lipinski definition) is 4. The molecule has 4 N–H and O–H groups in total. The average molecular weight is 329 g/mol. The number of nitrogens with zero attached hydrogens (tertiary/aromatic N) is 1. The van der Waals surface area contributed by atoms with Crippen LogP contribution in [0.25, 0.3) is 0 Å². The number of halogens is 2. The van der Waals surface area contributed by atoms with E-state index in [0.29, 0.717) is 5.56 Å². The van der Waals surface area contributed by atoms with Crippen molar-refractivity contribution in [3.63, 3.8) is 0 Å². The van der Waals surface area contributed by atoms with E-state index in [-0.39, 0.29) is 6.54 Å². The molecule has 0 aromatic carbocycles. The van der Waals surface area contributed by atoms with Crippen molar-refractivity contribution >= 4 is 11.8 Å². The summed E-state index contributed by atoms with van der Waals surface area (Å²) in [6.45, 7) is 3.02. The number of amides is 2. The second-order valence-corrected chi connectivity index (χ2v) is 5.68. The van der Waals surface area contributed by atoms with Crippen LogP contribution in [-0.4, -0.2) is 33.9 Å². The SMILES string of the molecule is CC(C)C(CC(N)=O)C(O)C(F)(F)C(=O)NCc1ccncc1. The number of aliphatic hydroxyl groups is 1. The molecule has 8 heteroatoms. The Morgan fingerprint density at radius 3 is 2.39 bits per heavy atom. The molecular formula is C15H21F2N3O3. The number of primary amides is 1. The molecule has 0 radical (unpaired) electrons. The molecule has 2 amide bonds. The highest BCUT2D eigenvalue weighted by Crippen LogP contribution is 2.31. The number of pyridine rings is 1. The number of nitrogens with one attached hydrogen (secondary N) is 1. The minimum Gasteiger partial charge on any atom is -0.386 e. The zero-order valence-corrected chi connectivity index (χ0v) is 13.0. The van der Waals surface area contributed by atoms with Crippen molar-refractivity contribution in [3.05, 3.63) is 30.1 Å². The van der Waals surface area contributed by atoms with E-state index in [1.54, 1.807) is 26.0 Å². The molecule has 0 aliphatic carbocycles. The first kappa shape index (κ1) is 19.0. The molecule has 0 saturated heterocycles. The Bertz CT molecular complexity index is 538. The first-order chi connectivity index (χ1) is 10.7. The number of aromatic nitrogens is 1. The Kier molecular flexibility index (Phi) is 6.56. The highest BCUT2D eigenvalue weighted by atomic mass is 19.3. The highest BCUT2D eigenvalue weighted by molar-refractivity contribution is 5.84. The van der Waals surface area contributed by atoms with Gasteiger partial charge in [-0.2, -0.15) is 8.78 Å². The summed E-state index contributed by atoms with van der Waals surface area (Å²) < 4.78 is 28.3. The van der Waals surface area contributed by atoms with E-state index in [2.05, 4.69) is 10.3 Å². The third-order valence-corrected chi connectivity index (χ3v) is 3.58. The van der Waals surface area contributed by atoms with Crippen molar-refractivity contribution < 1.29 is 23.5 Å². The Hall–Kier alpha value is -2.09. The van der Waals surface area contributed by atoms with Crippen LogP contribution in [-0.2, 0) is 16.1 Å². The van der Waals surface area contributed by atoms with Gasteiger partial charge in [0.25, 0.3) is 5.91 Å². The Morgan fingerprint density at radius 1 is 1.35 bits per heavy atom. The third-order valence-electron chi connectivity index (χ3n) is 3.58. The fourth-order valence-electron chi connectivity index (χ4n) is 2.15. The number of carbonyl (C=O) groups is 2. The number of rotatable bonds is 8. The zero-order valence-electron chi connectivity index (χ0n) is 13.0. The molecule has 1 rings (SSSR count). The predicted molar refractivity (Wildman–Crippen MR) is 79.2 cm³/mol. The minimum atomic E-state index is -4.03. The summed E-state index contributed by atoms with van der Waals surface area (Å²) in [7, 11) is 0. The van der Waals surface area contributed by atoms with Gasteiger partial charge < -0.3 is 16.2 Å². The number of carbonyl (C=O) groups excluding carboxylic acids is 2. The van der Waals surface area contributed by atoms with Crippen LogP contribution in [0.4, 0.5) is 8.78 Å². The zero-order chi connectivity index (χ0) is 17.6. The molecular weight excluding hydrogens is 308 g/mol. The van der Waals surface area contributed by atoms with E-state index in [1.165, 1.54) is 12.4 Å². The summed E-state index contributed by atoms with van der Waals surface area (Å²) in [5, 5.41) is 12.0. The first-order valence-electron chi connectivity index (χ1n) is 7.17. The normalized spacial score (nSPS) is 14.3. The number of alkyl halides is 2. The van der Waals surface area contributed by atoms with Gasteiger partial charge in [-0.1, -0.05) is 13.8 Å². The molecule has 6 nitrogen and oxygen atoms in total. The highest BCUT2D eigenvalue weighted by Gasteiger charge is 2.50. The lowest BCUT2D eigenvalue weighted by molar-refractivity contribution is -0.173. The van der Waals surface area contributed by atoms with Crippen LogP contribution >= 0.6 is 0 Å². The van der Waals surface area contributed by atoms with Crippen molar-refractivity contribution in [2.24, 2.45) is 17.6 Å². The summed E-state index contributed by atoms with van der Waals surface area (Å²) in [5.41, 5.74) is 5.62. The summed E-state index contributed by atoms with van der Waals surface area (Å²) in [6.07, 6.45) is 0.214. The molecule has 0 fully saturated rings. The third kappa shape index (κ3) is 5.24. The molecule has 0 spiro atoms. The Labute approximate surface area is 133 Å². The molecule has 0 bridgehead atoms. The second-order valence-electron chi connectivity index (χ2n) is 5.68. The van der Waals surface area contributed by atoms with E-state index < -0.39 is 42.1 Å². The lowest BCUT2D eigenvalue weighted by Crippen LogP contribution is -2.52. The monoisotopic (exact) mass is 329 g/mol. The molecule has 23 heavy (non-hydrogen) atoms. The van der Waals surface area contributed by atoms with Gasteiger partial charge in [0.2, 0.25) is 5.91 Å². The van der Waals surface area contributed by atoms with E-state index >= 15 is 0 Å². The van der Waals surface area contributed by atoms with Crippen LogP contribution in [0.3, 0.4) is 0 Å². The molecule has 2 unspecified atom stereocenters. The van der Waals surface area contributed by atoms with Gasteiger partial charge in [0.05, 0.1) is 0 Å². The van der Waals surface area contributed by atoms with Crippen LogP contribution < -0.4 is 11.1 Å². The van der Waals surface area contributed by atoms with Crippen LogP contribution in [0, 0.1) is 11.8 Å². The quantitative estimate of drug-likeness (QED) is 0.657. The second kappa shape index (κ2) is 7.96. The maximum Gasteiger partial charge on any atom is 0.349 e. The summed E-state index contributed by atoms with van der Waals surface area (Å²) >= 11 is 0. The summed E-state index contributed by atoms with van der Waals surface area (Å²) in [6, 6.07) is 3.14. The van der Waals surface area contributed by atoms with Crippen LogP contribution in [0.5, 0.6) is 0 Å². The Morgan fingerprint density at radius 2 is 1.91 bits per heavy atom. The molecule has 1 aromatic rings. The maximum atomic E-state index is 14.1. The van der Waals surface area contributed by atoms with Gasteiger partial charge in [-0.05, 0) is 23.6 Å². The minimum absolute atomic E-state index is 0.119. The lowest BCUT2D eigenvalue weighted by atomic mass is 9.84. The predicted octanol–water partition coefficient (Wildman–Crippen LogP) is 0.842. The molecule has 1 heterocycles. The fraction of sp³-hybridized carbons (Fsp3) is 0.533. The smallest absolute Gasteiger partial charge is 0.349 e. The van der Waals surface area contributed by atoms with Gasteiger partial charge in [-0.3, -0.25) is 14.6 Å². The van der Waals surface area contributed by atoms with Gasteiger partial charge >= 0.3 is 5.92 Å².